The van der Waals surface area contributed by atoms with Crippen LogP contribution in [0.3, 0.4) is 0 Å². The van der Waals surface area contributed by atoms with Gasteiger partial charge in [-0.15, -0.1) is 0 Å². The summed E-state index contributed by atoms with van der Waals surface area (Å²) >= 11 is 0. The summed E-state index contributed by atoms with van der Waals surface area (Å²) in [5.74, 6) is -0.950. The van der Waals surface area contributed by atoms with E-state index >= 15 is 0 Å². The van der Waals surface area contributed by atoms with Crippen molar-refractivity contribution in [3.05, 3.63) is 125 Å². The zero-order valence-electron chi connectivity index (χ0n) is 20.7. The molecule has 4 aromatic carbocycles. The molecule has 0 radical (unpaired) electrons. The monoisotopic (exact) mass is 489 g/mol. The fraction of sp³-hybridized carbons (Fsp3) is 0.129. The van der Waals surface area contributed by atoms with Gasteiger partial charge in [0.15, 0.2) is 5.54 Å². The van der Waals surface area contributed by atoms with Crippen LogP contribution < -0.4 is 10.6 Å². The first-order chi connectivity index (χ1) is 17.9. The number of hydrogen-bond donors (Lipinski definition) is 2. The lowest BCUT2D eigenvalue weighted by molar-refractivity contribution is -0.133. The Morgan fingerprint density at radius 1 is 0.784 bits per heavy atom. The van der Waals surface area contributed by atoms with E-state index in [4.69, 9.17) is 0 Å². The van der Waals surface area contributed by atoms with Crippen LogP contribution in [0.2, 0.25) is 0 Å². The molecular weight excluding hydrogens is 462 g/mol. The lowest BCUT2D eigenvalue weighted by Crippen LogP contribution is -2.45. The summed E-state index contributed by atoms with van der Waals surface area (Å²) in [4.78, 5) is 41.3. The smallest absolute Gasteiger partial charge is 0.324 e. The molecule has 0 aliphatic carbocycles. The Bertz CT molecular complexity index is 1480. The highest BCUT2D eigenvalue weighted by Crippen LogP contribution is 2.37. The number of carbonyl (C=O) groups excluding carboxylic acids is 3. The Morgan fingerprint density at radius 3 is 2.14 bits per heavy atom. The molecule has 2 N–H and O–H groups in total. The molecule has 1 fully saturated rings. The van der Waals surface area contributed by atoms with Gasteiger partial charge in [-0.2, -0.15) is 0 Å². The van der Waals surface area contributed by atoms with Crippen molar-refractivity contribution in [2.75, 3.05) is 11.9 Å². The number of rotatable bonds is 6. The molecule has 4 aromatic rings. The standard InChI is InChI=1S/C31H27N3O3/c1-21-17-18-25(19-22(21)2)31(24-13-7-4-8-14-24)29(36)34(30(37)33-31)20-28(35)32-27-16-10-9-15-26(27)23-11-5-3-6-12-23/h3-19H,20H2,1-2H3,(H,32,35)(H,33,37)/t31-/m1/s1. The number of para-hydroxylation sites is 1. The number of anilines is 1. The third kappa shape index (κ3) is 4.38. The van der Waals surface area contributed by atoms with Crippen molar-refractivity contribution in [2.24, 2.45) is 0 Å². The van der Waals surface area contributed by atoms with Gasteiger partial charge in [-0.1, -0.05) is 97.1 Å². The second kappa shape index (κ2) is 9.74. The molecule has 1 aliphatic heterocycles. The van der Waals surface area contributed by atoms with E-state index in [-0.39, 0.29) is 0 Å². The van der Waals surface area contributed by atoms with Crippen LogP contribution in [0.25, 0.3) is 11.1 Å². The molecule has 184 valence electrons. The highest BCUT2D eigenvalue weighted by molar-refractivity contribution is 6.12. The Morgan fingerprint density at radius 2 is 1.43 bits per heavy atom. The largest absolute Gasteiger partial charge is 0.326 e. The molecule has 0 bridgehead atoms. The van der Waals surface area contributed by atoms with Crippen LogP contribution >= 0.6 is 0 Å². The lowest BCUT2D eigenvalue weighted by atomic mass is 9.81. The van der Waals surface area contributed by atoms with Crippen molar-refractivity contribution < 1.29 is 14.4 Å². The highest BCUT2D eigenvalue weighted by atomic mass is 16.2. The predicted molar refractivity (Wildman–Crippen MR) is 144 cm³/mol. The van der Waals surface area contributed by atoms with E-state index in [1.54, 1.807) is 6.07 Å². The average Bonchev–Trinajstić information content (AvgIpc) is 3.17. The molecule has 1 heterocycles. The molecule has 1 atom stereocenters. The normalized spacial score (nSPS) is 17.0. The molecule has 1 aliphatic rings. The van der Waals surface area contributed by atoms with Crippen LogP contribution in [-0.4, -0.2) is 29.3 Å². The Balaban J connectivity index is 1.46. The number of nitrogens with one attached hydrogen (secondary N) is 2. The fourth-order valence-corrected chi connectivity index (χ4v) is 4.74. The predicted octanol–water partition coefficient (Wildman–Crippen LogP) is 5.40. The minimum Gasteiger partial charge on any atom is -0.324 e. The molecule has 5 rings (SSSR count). The maximum absolute atomic E-state index is 14.0. The first kappa shape index (κ1) is 24.0. The molecule has 37 heavy (non-hydrogen) atoms. The highest BCUT2D eigenvalue weighted by Gasteiger charge is 2.54. The minimum absolute atomic E-state index is 0.410. The van der Waals surface area contributed by atoms with Crippen molar-refractivity contribution in [2.45, 2.75) is 19.4 Å². The maximum Gasteiger partial charge on any atom is 0.326 e. The summed E-state index contributed by atoms with van der Waals surface area (Å²) in [6.07, 6.45) is 0. The van der Waals surface area contributed by atoms with Crippen molar-refractivity contribution in [3.63, 3.8) is 0 Å². The van der Waals surface area contributed by atoms with Gasteiger partial charge in [-0.3, -0.25) is 14.5 Å². The summed E-state index contributed by atoms with van der Waals surface area (Å²) in [6.45, 7) is 3.55. The number of carbonyl (C=O) groups is 3. The number of nitrogens with zero attached hydrogens (tertiary/aromatic N) is 1. The number of imide groups is 1. The molecule has 0 aromatic heterocycles. The Kier molecular flexibility index (Phi) is 6.32. The molecular formula is C31H27N3O3. The third-order valence-electron chi connectivity index (χ3n) is 6.84. The van der Waals surface area contributed by atoms with E-state index in [1.807, 2.05) is 111 Å². The first-order valence-electron chi connectivity index (χ1n) is 12.1. The quantitative estimate of drug-likeness (QED) is 0.356. The zero-order valence-corrected chi connectivity index (χ0v) is 20.7. The Labute approximate surface area is 215 Å². The molecule has 4 amide bonds. The fourth-order valence-electron chi connectivity index (χ4n) is 4.74. The molecule has 0 spiro atoms. The zero-order chi connectivity index (χ0) is 26.0. The summed E-state index contributed by atoms with van der Waals surface area (Å²) in [6, 6.07) is 31.4. The first-order valence-corrected chi connectivity index (χ1v) is 12.1. The third-order valence-corrected chi connectivity index (χ3v) is 6.84. The van der Waals surface area contributed by atoms with Gasteiger partial charge in [-0.05, 0) is 47.7 Å². The maximum atomic E-state index is 14.0. The van der Waals surface area contributed by atoms with Crippen LogP contribution in [0.1, 0.15) is 22.3 Å². The number of aryl methyl sites for hydroxylation is 2. The SMILES string of the molecule is Cc1ccc([C@@]2(c3ccccc3)NC(=O)N(CC(=O)Nc3ccccc3-c3ccccc3)C2=O)cc1C. The van der Waals surface area contributed by atoms with E-state index in [0.29, 0.717) is 16.8 Å². The van der Waals surface area contributed by atoms with Gasteiger partial charge in [0.2, 0.25) is 5.91 Å². The van der Waals surface area contributed by atoms with Crippen LogP contribution in [0, 0.1) is 13.8 Å². The van der Waals surface area contributed by atoms with Gasteiger partial charge < -0.3 is 10.6 Å². The number of urea groups is 1. The van der Waals surface area contributed by atoms with Crippen LogP contribution in [0.4, 0.5) is 10.5 Å². The summed E-state index contributed by atoms with van der Waals surface area (Å²) < 4.78 is 0. The van der Waals surface area contributed by atoms with Crippen LogP contribution in [0.5, 0.6) is 0 Å². The summed E-state index contributed by atoms with van der Waals surface area (Å²) in [5.41, 5.74) is 4.36. The second-order valence-electron chi connectivity index (χ2n) is 9.20. The number of benzene rings is 4. The van der Waals surface area contributed by atoms with Crippen molar-refractivity contribution in [3.8, 4) is 11.1 Å². The van der Waals surface area contributed by atoms with Crippen LogP contribution in [0.15, 0.2) is 103 Å². The number of amides is 4. The van der Waals surface area contributed by atoms with Gasteiger partial charge in [-0.25, -0.2) is 4.79 Å². The van der Waals surface area contributed by atoms with Crippen LogP contribution in [-0.2, 0) is 15.1 Å². The van der Waals surface area contributed by atoms with Crippen molar-refractivity contribution in [1.82, 2.24) is 10.2 Å². The van der Waals surface area contributed by atoms with E-state index in [0.717, 1.165) is 27.2 Å². The van der Waals surface area contributed by atoms with Gasteiger partial charge in [0.1, 0.15) is 6.54 Å². The molecule has 0 saturated carbocycles. The number of hydrogen-bond acceptors (Lipinski definition) is 3. The molecule has 0 unspecified atom stereocenters. The van der Waals surface area contributed by atoms with Gasteiger partial charge in [0.05, 0.1) is 0 Å². The Hall–Kier alpha value is -4.71. The van der Waals surface area contributed by atoms with Crippen molar-refractivity contribution >= 4 is 23.5 Å². The molecule has 6 nitrogen and oxygen atoms in total. The lowest BCUT2D eigenvalue weighted by Gasteiger charge is -2.28. The van der Waals surface area contributed by atoms with E-state index in [1.165, 1.54) is 0 Å². The van der Waals surface area contributed by atoms with Gasteiger partial charge >= 0.3 is 6.03 Å². The minimum atomic E-state index is -1.42. The summed E-state index contributed by atoms with van der Waals surface area (Å²) in [5, 5.41) is 5.80. The summed E-state index contributed by atoms with van der Waals surface area (Å²) in [7, 11) is 0. The van der Waals surface area contributed by atoms with Gasteiger partial charge in [0.25, 0.3) is 5.91 Å². The van der Waals surface area contributed by atoms with E-state index in [2.05, 4.69) is 10.6 Å². The van der Waals surface area contributed by atoms with E-state index in [9.17, 15) is 14.4 Å². The topological polar surface area (TPSA) is 78.5 Å². The molecule has 1 saturated heterocycles. The molecule has 6 heteroatoms. The van der Waals surface area contributed by atoms with Crippen molar-refractivity contribution in [1.29, 1.82) is 0 Å². The van der Waals surface area contributed by atoms with Gasteiger partial charge in [0, 0.05) is 11.3 Å². The average molecular weight is 490 g/mol. The van der Waals surface area contributed by atoms with E-state index < -0.39 is 29.9 Å². The second-order valence-corrected chi connectivity index (χ2v) is 9.20.